The summed E-state index contributed by atoms with van der Waals surface area (Å²) in [7, 11) is 1.33. The van der Waals surface area contributed by atoms with E-state index in [0.717, 1.165) is 0 Å². The van der Waals surface area contributed by atoms with Gasteiger partial charge in [-0.3, -0.25) is 4.79 Å². The lowest BCUT2D eigenvalue weighted by atomic mass is 10.1. The minimum atomic E-state index is -5.04. The van der Waals surface area contributed by atoms with Crippen molar-refractivity contribution in [1.29, 1.82) is 0 Å². The third-order valence-electron chi connectivity index (χ3n) is 4.85. The van der Waals surface area contributed by atoms with E-state index in [1.54, 1.807) is 0 Å². The fourth-order valence-corrected chi connectivity index (χ4v) is 3.40. The molecule has 15 heteroatoms. The molecular formula is C21H9ClF8N4O2. The smallest absolute Gasteiger partial charge is 0.433 e. The lowest BCUT2D eigenvalue weighted by molar-refractivity contribution is -0.142. The second kappa shape index (κ2) is 8.93. The molecule has 0 aliphatic rings. The number of hydrogen-bond donors (Lipinski definition) is 1. The van der Waals surface area contributed by atoms with Gasteiger partial charge in [-0.1, -0.05) is 23.7 Å². The van der Waals surface area contributed by atoms with Gasteiger partial charge in [0.05, 0.1) is 12.8 Å². The van der Waals surface area contributed by atoms with Crippen molar-refractivity contribution >= 4 is 28.8 Å². The zero-order valence-electron chi connectivity index (χ0n) is 17.4. The quantitative estimate of drug-likeness (QED) is 0.197. The Kier molecular flexibility index (Phi) is 6.24. The molecule has 2 aromatic carbocycles. The van der Waals surface area contributed by atoms with Crippen LogP contribution in [0.15, 0.2) is 30.3 Å². The average molecular weight is 537 g/mol. The van der Waals surface area contributed by atoms with Crippen molar-refractivity contribution in [2.24, 2.45) is 0 Å². The average Bonchev–Trinajstić information content (AvgIpc) is 3.19. The van der Waals surface area contributed by atoms with Crippen LogP contribution in [0.3, 0.4) is 0 Å². The molecule has 0 bridgehead atoms. The number of benzene rings is 2. The first kappa shape index (κ1) is 25.2. The van der Waals surface area contributed by atoms with Crippen LogP contribution in [-0.2, 0) is 6.18 Å². The third kappa shape index (κ3) is 4.17. The topological polar surface area (TPSA) is 68.5 Å². The van der Waals surface area contributed by atoms with Gasteiger partial charge < -0.3 is 10.1 Å². The van der Waals surface area contributed by atoms with Gasteiger partial charge in [0.25, 0.3) is 5.91 Å². The first-order chi connectivity index (χ1) is 16.8. The molecule has 1 N–H and O–H groups in total. The summed E-state index contributed by atoms with van der Waals surface area (Å²) < 4.78 is 115. The van der Waals surface area contributed by atoms with Crippen LogP contribution in [0, 0.1) is 29.1 Å². The van der Waals surface area contributed by atoms with Gasteiger partial charge in [-0.2, -0.15) is 18.3 Å². The Morgan fingerprint density at radius 3 is 2.19 bits per heavy atom. The monoisotopic (exact) mass is 536 g/mol. The van der Waals surface area contributed by atoms with E-state index in [0.29, 0.717) is 11.8 Å². The van der Waals surface area contributed by atoms with Gasteiger partial charge in [-0.05, 0) is 18.2 Å². The SMILES string of the molecule is COc1cccc(-c2cc(C(F)(F)F)n3nc(C(=O)Nc4c(F)c(F)c(F)c(F)c4F)c(Cl)c3n2)c1. The zero-order chi connectivity index (χ0) is 26.5. The van der Waals surface area contributed by atoms with Gasteiger partial charge in [0.2, 0.25) is 5.82 Å². The van der Waals surface area contributed by atoms with E-state index in [2.05, 4.69) is 10.1 Å². The van der Waals surface area contributed by atoms with Crippen LogP contribution < -0.4 is 10.1 Å². The van der Waals surface area contributed by atoms with Crippen molar-refractivity contribution in [2.45, 2.75) is 6.18 Å². The van der Waals surface area contributed by atoms with E-state index in [9.17, 15) is 39.9 Å². The number of halogens is 9. The number of nitrogens with zero attached hydrogens (tertiary/aromatic N) is 3. The molecule has 4 aromatic rings. The van der Waals surface area contributed by atoms with Gasteiger partial charge in [0, 0.05) is 5.56 Å². The molecule has 0 unspecified atom stereocenters. The van der Waals surface area contributed by atoms with Crippen LogP contribution in [0.5, 0.6) is 5.75 Å². The molecule has 0 saturated carbocycles. The predicted octanol–water partition coefficient (Wildman–Crippen LogP) is 6.02. The molecule has 0 fully saturated rings. The molecule has 0 aliphatic carbocycles. The fraction of sp³-hybridized carbons (Fsp3) is 0.0952. The van der Waals surface area contributed by atoms with E-state index in [-0.39, 0.29) is 15.8 Å². The molecule has 0 radical (unpaired) electrons. The zero-order valence-corrected chi connectivity index (χ0v) is 18.2. The molecule has 36 heavy (non-hydrogen) atoms. The van der Waals surface area contributed by atoms with E-state index in [1.807, 2.05) is 0 Å². The number of nitrogens with one attached hydrogen (secondary N) is 1. The summed E-state index contributed by atoms with van der Waals surface area (Å²) in [4.78, 5) is 16.5. The summed E-state index contributed by atoms with van der Waals surface area (Å²) in [5.74, 6) is -13.3. The molecule has 2 aromatic heterocycles. The molecule has 188 valence electrons. The number of methoxy groups -OCH3 is 1. The van der Waals surface area contributed by atoms with Crippen molar-refractivity contribution in [3.05, 3.63) is 75.8 Å². The number of rotatable bonds is 4. The molecular weight excluding hydrogens is 528 g/mol. The number of fused-ring (bicyclic) bond motifs is 1. The minimum Gasteiger partial charge on any atom is -0.497 e. The van der Waals surface area contributed by atoms with Crippen LogP contribution in [0.2, 0.25) is 5.02 Å². The van der Waals surface area contributed by atoms with Crippen molar-refractivity contribution in [3.63, 3.8) is 0 Å². The summed E-state index contributed by atoms with van der Waals surface area (Å²) >= 11 is 6.03. The summed E-state index contributed by atoms with van der Waals surface area (Å²) in [6.45, 7) is 0. The van der Waals surface area contributed by atoms with Gasteiger partial charge >= 0.3 is 6.18 Å². The summed E-state index contributed by atoms with van der Waals surface area (Å²) in [6.07, 6.45) is -5.04. The summed E-state index contributed by atoms with van der Waals surface area (Å²) in [5.41, 5.74) is -4.95. The normalized spacial score (nSPS) is 11.7. The van der Waals surface area contributed by atoms with Gasteiger partial charge in [-0.15, -0.1) is 0 Å². The third-order valence-corrected chi connectivity index (χ3v) is 5.20. The number of amides is 1. The van der Waals surface area contributed by atoms with Crippen LogP contribution in [0.1, 0.15) is 16.2 Å². The Bertz CT molecular complexity index is 1510. The molecule has 0 spiro atoms. The predicted molar refractivity (Wildman–Crippen MR) is 109 cm³/mol. The fourth-order valence-electron chi connectivity index (χ4n) is 3.16. The second-order valence-electron chi connectivity index (χ2n) is 7.05. The van der Waals surface area contributed by atoms with Crippen molar-refractivity contribution in [1.82, 2.24) is 14.6 Å². The maximum absolute atomic E-state index is 13.9. The van der Waals surface area contributed by atoms with Crippen LogP contribution in [-0.4, -0.2) is 27.6 Å². The number of ether oxygens (including phenoxy) is 1. The molecule has 4 rings (SSSR count). The van der Waals surface area contributed by atoms with E-state index < -0.39 is 68.9 Å². The lowest BCUT2D eigenvalue weighted by Crippen LogP contribution is -2.18. The summed E-state index contributed by atoms with van der Waals surface area (Å²) in [6, 6.07) is 6.41. The lowest BCUT2D eigenvalue weighted by Gasteiger charge is -2.11. The number of alkyl halides is 3. The van der Waals surface area contributed by atoms with Crippen molar-refractivity contribution in [2.75, 3.05) is 12.4 Å². The highest BCUT2D eigenvalue weighted by atomic mass is 35.5. The molecule has 6 nitrogen and oxygen atoms in total. The number of hydrogen-bond acceptors (Lipinski definition) is 4. The number of carbonyl (C=O) groups is 1. The van der Waals surface area contributed by atoms with Crippen LogP contribution in [0.25, 0.3) is 16.9 Å². The first-order valence-electron chi connectivity index (χ1n) is 9.48. The molecule has 2 heterocycles. The Morgan fingerprint density at radius 1 is 1.00 bits per heavy atom. The Balaban J connectivity index is 1.87. The van der Waals surface area contributed by atoms with Crippen LogP contribution in [0.4, 0.5) is 40.8 Å². The highest BCUT2D eigenvalue weighted by Gasteiger charge is 2.37. The number of aromatic nitrogens is 3. The maximum Gasteiger partial charge on any atom is 0.433 e. The number of carbonyl (C=O) groups excluding carboxylic acids is 1. The molecule has 0 saturated heterocycles. The molecule has 0 aliphatic heterocycles. The molecule has 0 atom stereocenters. The van der Waals surface area contributed by atoms with Crippen molar-refractivity contribution < 1.29 is 44.7 Å². The van der Waals surface area contributed by atoms with Gasteiger partial charge in [0.1, 0.15) is 16.5 Å². The van der Waals surface area contributed by atoms with Crippen LogP contribution >= 0.6 is 11.6 Å². The Hall–Kier alpha value is -3.94. The van der Waals surface area contributed by atoms with Gasteiger partial charge in [-0.25, -0.2) is 31.5 Å². The van der Waals surface area contributed by atoms with E-state index in [4.69, 9.17) is 16.3 Å². The number of anilines is 1. The van der Waals surface area contributed by atoms with E-state index >= 15 is 0 Å². The molecule has 1 amide bonds. The Labute approximate surface area is 200 Å². The highest BCUT2D eigenvalue weighted by Crippen LogP contribution is 2.35. The van der Waals surface area contributed by atoms with Gasteiger partial charge in [0.15, 0.2) is 40.3 Å². The Morgan fingerprint density at radius 2 is 1.61 bits per heavy atom. The highest BCUT2D eigenvalue weighted by molar-refractivity contribution is 6.37. The van der Waals surface area contributed by atoms with E-state index in [1.165, 1.54) is 36.7 Å². The second-order valence-corrected chi connectivity index (χ2v) is 7.43. The minimum absolute atomic E-state index is 0.166. The standard InChI is InChI=1S/C21H9ClF8N4O2/c1-36-8-4-2-3-7(5-8)9-6-10(21(28,29)30)34-19(31-9)11(22)17(33-34)20(35)32-18-15(26)13(24)12(23)14(25)16(18)27/h2-6H,1H3,(H,32,35). The van der Waals surface area contributed by atoms with Crippen molar-refractivity contribution in [3.8, 4) is 17.0 Å². The maximum atomic E-state index is 13.9. The first-order valence-corrected chi connectivity index (χ1v) is 9.86. The summed E-state index contributed by atoms with van der Waals surface area (Å²) in [5, 5.41) is 4.04. The largest absolute Gasteiger partial charge is 0.497 e.